The van der Waals surface area contributed by atoms with Gasteiger partial charge in [0.2, 0.25) is 0 Å². The van der Waals surface area contributed by atoms with E-state index < -0.39 is 0 Å². The highest BCUT2D eigenvalue weighted by Gasteiger charge is 2.50. The van der Waals surface area contributed by atoms with Crippen molar-refractivity contribution in [1.29, 1.82) is 0 Å². The number of hydrogen-bond donors (Lipinski definition) is 1. The molecule has 4 atom stereocenters. The number of carbonyl (C=O) groups excluding carboxylic acids is 1. The Labute approximate surface area is 78.6 Å². The van der Waals surface area contributed by atoms with Gasteiger partial charge in [0, 0.05) is 0 Å². The van der Waals surface area contributed by atoms with Crippen LogP contribution in [-0.2, 0) is 9.53 Å². The second-order valence-electron chi connectivity index (χ2n) is 4.28. The van der Waals surface area contributed by atoms with E-state index >= 15 is 0 Å². The van der Waals surface area contributed by atoms with Crippen LogP contribution in [0.4, 0.5) is 0 Å². The number of carbonyl (C=O) groups is 1. The highest BCUT2D eigenvalue weighted by molar-refractivity contribution is 5.73. The first-order valence-corrected chi connectivity index (χ1v) is 5.05. The van der Waals surface area contributed by atoms with Gasteiger partial charge in [0.25, 0.3) is 0 Å². The van der Waals surface area contributed by atoms with E-state index in [0.29, 0.717) is 24.3 Å². The molecule has 0 aromatic carbocycles. The minimum Gasteiger partial charge on any atom is -0.469 e. The van der Waals surface area contributed by atoms with E-state index in [0.717, 1.165) is 0 Å². The van der Waals surface area contributed by atoms with Gasteiger partial charge in [0.1, 0.15) is 0 Å². The lowest BCUT2D eigenvalue weighted by Gasteiger charge is -2.27. The summed E-state index contributed by atoms with van der Waals surface area (Å²) in [5, 5.41) is 0. The topological polar surface area (TPSA) is 52.3 Å². The number of nitrogens with two attached hydrogens (primary N) is 1. The normalized spacial score (nSPS) is 42.3. The van der Waals surface area contributed by atoms with Crippen molar-refractivity contribution in [1.82, 2.24) is 0 Å². The largest absolute Gasteiger partial charge is 0.469 e. The number of rotatable bonds is 2. The van der Waals surface area contributed by atoms with E-state index in [1.54, 1.807) is 0 Å². The molecule has 2 fully saturated rings. The van der Waals surface area contributed by atoms with Crippen molar-refractivity contribution in [2.45, 2.75) is 19.3 Å². The first-order chi connectivity index (χ1) is 6.27. The van der Waals surface area contributed by atoms with Gasteiger partial charge in [-0.25, -0.2) is 0 Å². The van der Waals surface area contributed by atoms with Crippen LogP contribution < -0.4 is 5.73 Å². The van der Waals surface area contributed by atoms with Crippen LogP contribution in [0.15, 0.2) is 0 Å². The molecule has 2 rings (SSSR count). The van der Waals surface area contributed by atoms with Crippen LogP contribution in [0.3, 0.4) is 0 Å². The zero-order chi connectivity index (χ0) is 9.42. The molecule has 13 heavy (non-hydrogen) atoms. The number of ether oxygens (including phenoxy) is 1. The molecule has 0 aromatic heterocycles. The maximum absolute atomic E-state index is 11.5. The van der Waals surface area contributed by atoms with Crippen molar-refractivity contribution in [3.8, 4) is 0 Å². The van der Waals surface area contributed by atoms with Gasteiger partial charge in [0.05, 0.1) is 13.0 Å². The molecular weight excluding hydrogens is 166 g/mol. The summed E-state index contributed by atoms with van der Waals surface area (Å²) in [4.78, 5) is 11.5. The third-order valence-electron chi connectivity index (χ3n) is 3.83. The number of hydrogen-bond acceptors (Lipinski definition) is 3. The van der Waals surface area contributed by atoms with Crippen LogP contribution in [0.1, 0.15) is 19.3 Å². The molecule has 0 radical (unpaired) electrons. The molecule has 2 bridgehead atoms. The molecule has 0 amide bonds. The van der Waals surface area contributed by atoms with Crippen LogP contribution in [0.25, 0.3) is 0 Å². The minimum atomic E-state index is -0.0392. The van der Waals surface area contributed by atoms with Gasteiger partial charge < -0.3 is 10.5 Å². The van der Waals surface area contributed by atoms with Crippen molar-refractivity contribution < 1.29 is 9.53 Å². The van der Waals surface area contributed by atoms with Crippen molar-refractivity contribution >= 4 is 5.97 Å². The first kappa shape index (κ1) is 9.00. The Hall–Kier alpha value is -0.570. The summed E-state index contributed by atoms with van der Waals surface area (Å²) >= 11 is 0. The van der Waals surface area contributed by atoms with E-state index in [9.17, 15) is 4.79 Å². The van der Waals surface area contributed by atoms with Gasteiger partial charge in [0.15, 0.2) is 0 Å². The van der Waals surface area contributed by atoms with E-state index in [1.165, 1.54) is 26.4 Å². The van der Waals surface area contributed by atoms with Crippen LogP contribution in [-0.4, -0.2) is 19.6 Å². The zero-order valence-corrected chi connectivity index (χ0v) is 8.03. The molecule has 0 aliphatic heterocycles. The predicted octanol–water partition coefficient (Wildman–Crippen LogP) is 0.780. The minimum absolute atomic E-state index is 0.0392. The quantitative estimate of drug-likeness (QED) is 0.644. The second kappa shape index (κ2) is 3.29. The molecule has 74 valence electrons. The molecule has 0 unspecified atom stereocenters. The van der Waals surface area contributed by atoms with Crippen molar-refractivity contribution in [2.75, 3.05) is 13.7 Å². The first-order valence-electron chi connectivity index (χ1n) is 5.05. The van der Waals surface area contributed by atoms with Gasteiger partial charge in [-0.15, -0.1) is 0 Å². The molecule has 3 heteroatoms. The fourth-order valence-electron chi connectivity index (χ4n) is 3.25. The molecule has 2 aliphatic rings. The van der Waals surface area contributed by atoms with Crippen LogP contribution in [0, 0.1) is 23.7 Å². The zero-order valence-electron chi connectivity index (χ0n) is 8.03. The summed E-state index contributed by atoms with van der Waals surface area (Å²) in [6, 6.07) is 0. The lowest BCUT2D eigenvalue weighted by Crippen LogP contribution is -2.34. The third kappa shape index (κ3) is 1.26. The highest BCUT2D eigenvalue weighted by atomic mass is 16.5. The Bertz CT molecular complexity index is 217. The fraction of sp³-hybridized carbons (Fsp3) is 0.900. The summed E-state index contributed by atoms with van der Waals surface area (Å²) in [5.41, 5.74) is 5.70. The van der Waals surface area contributed by atoms with Crippen LogP contribution in [0.2, 0.25) is 0 Å². The summed E-state index contributed by atoms with van der Waals surface area (Å²) in [5.74, 6) is 1.72. The van der Waals surface area contributed by atoms with E-state index in [2.05, 4.69) is 0 Å². The van der Waals surface area contributed by atoms with Crippen molar-refractivity contribution in [2.24, 2.45) is 29.4 Å². The lowest BCUT2D eigenvalue weighted by molar-refractivity contribution is -0.149. The van der Waals surface area contributed by atoms with Gasteiger partial charge in [-0.2, -0.15) is 0 Å². The van der Waals surface area contributed by atoms with Crippen LogP contribution >= 0.6 is 0 Å². The Morgan fingerprint density at radius 3 is 2.77 bits per heavy atom. The molecule has 2 aliphatic carbocycles. The summed E-state index contributed by atoms with van der Waals surface area (Å²) in [6.07, 6.45) is 3.66. The average molecular weight is 183 g/mol. The molecule has 0 aromatic rings. The average Bonchev–Trinajstić information content (AvgIpc) is 2.74. The molecule has 2 saturated carbocycles. The third-order valence-corrected chi connectivity index (χ3v) is 3.83. The summed E-state index contributed by atoms with van der Waals surface area (Å²) < 4.78 is 4.82. The van der Waals surface area contributed by atoms with Gasteiger partial charge in [-0.05, 0) is 43.6 Å². The monoisotopic (exact) mass is 183 g/mol. The predicted molar refractivity (Wildman–Crippen MR) is 48.9 cm³/mol. The second-order valence-corrected chi connectivity index (χ2v) is 4.28. The molecule has 3 nitrogen and oxygen atoms in total. The Morgan fingerprint density at radius 1 is 1.46 bits per heavy atom. The molecule has 2 N–H and O–H groups in total. The summed E-state index contributed by atoms with van der Waals surface area (Å²) in [6.45, 7) is 0.640. The van der Waals surface area contributed by atoms with Crippen molar-refractivity contribution in [3.05, 3.63) is 0 Å². The summed E-state index contributed by atoms with van der Waals surface area (Å²) in [7, 11) is 1.47. The Morgan fingerprint density at radius 2 is 2.15 bits per heavy atom. The lowest BCUT2D eigenvalue weighted by atomic mass is 9.79. The molecule has 0 heterocycles. The van der Waals surface area contributed by atoms with Gasteiger partial charge in [-0.3, -0.25) is 4.79 Å². The van der Waals surface area contributed by atoms with E-state index in [-0.39, 0.29) is 11.9 Å². The molecular formula is C10H17NO2. The molecule has 0 spiro atoms. The smallest absolute Gasteiger partial charge is 0.309 e. The Kier molecular flexibility index (Phi) is 2.28. The highest BCUT2D eigenvalue weighted by Crippen LogP contribution is 2.52. The standard InChI is InChI=1S/C10H17NO2/c1-13-10(12)9-7-3-2-6(4-7)8(9)5-11/h6-9H,2-5,11H2,1H3/t6-,7+,8+,9+/m1/s1. The van der Waals surface area contributed by atoms with E-state index in [4.69, 9.17) is 10.5 Å². The van der Waals surface area contributed by atoms with Crippen LogP contribution in [0.5, 0.6) is 0 Å². The SMILES string of the molecule is COC(=O)[C@H]1[C@H]2CC[C@H](C2)[C@@H]1CN. The molecule has 0 saturated heterocycles. The fourth-order valence-corrected chi connectivity index (χ4v) is 3.25. The van der Waals surface area contributed by atoms with Crippen molar-refractivity contribution in [3.63, 3.8) is 0 Å². The Balaban J connectivity index is 2.13. The van der Waals surface area contributed by atoms with E-state index in [1.807, 2.05) is 0 Å². The van der Waals surface area contributed by atoms with Gasteiger partial charge >= 0.3 is 5.97 Å². The maximum atomic E-state index is 11.5. The number of esters is 1. The number of methoxy groups -OCH3 is 1. The van der Waals surface area contributed by atoms with Gasteiger partial charge in [-0.1, -0.05) is 0 Å². The maximum Gasteiger partial charge on any atom is 0.309 e. The number of fused-ring (bicyclic) bond motifs is 2.